The van der Waals surface area contributed by atoms with Crippen LogP contribution in [0.4, 0.5) is 5.95 Å². The fraction of sp³-hybridized carbons (Fsp3) is 0.462. The van der Waals surface area contributed by atoms with Gasteiger partial charge in [0.25, 0.3) is 5.91 Å². The number of fused-ring (bicyclic) bond motifs is 2. The molecule has 0 radical (unpaired) electrons. The lowest BCUT2D eigenvalue weighted by molar-refractivity contribution is -0.161. The quantitative estimate of drug-likeness (QED) is 0.140. The third-order valence-electron chi connectivity index (χ3n) is 15.7. The number of ether oxygens (including phenoxy) is 2. The summed E-state index contributed by atoms with van der Waals surface area (Å²) in [6, 6.07) is 16.0. The number of aromatic nitrogens is 7. The second-order valence-electron chi connectivity index (χ2n) is 21.1. The maximum Gasteiger partial charge on any atom is 0.252 e. The van der Waals surface area contributed by atoms with E-state index in [0.717, 1.165) is 104 Å². The summed E-state index contributed by atoms with van der Waals surface area (Å²) in [5.74, 6) is 1.08. The molecule has 0 unspecified atom stereocenters. The summed E-state index contributed by atoms with van der Waals surface area (Å²) in [5, 5.41) is 21.9. The molecule has 350 valence electrons. The molecule has 0 bridgehead atoms. The lowest BCUT2D eigenvalue weighted by atomic mass is 9.44. The topological polar surface area (TPSA) is 183 Å². The molecular weight excluding hydrogens is 878 g/mol. The van der Waals surface area contributed by atoms with Crippen LogP contribution in [0.25, 0.3) is 33.3 Å². The molecule has 2 amide bonds. The minimum absolute atomic E-state index is 0.0841. The van der Waals surface area contributed by atoms with Crippen LogP contribution < -0.4 is 15.4 Å². The Morgan fingerprint density at radius 2 is 1.79 bits per heavy atom. The number of benzene rings is 2. The van der Waals surface area contributed by atoms with E-state index in [-0.39, 0.29) is 29.4 Å². The fourth-order valence-electron chi connectivity index (χ4n) is 12.9. The first-order chi connectivity index (χ1) is 32.6. The van der Waals surface area contributed by atoms with Crippen molar-refractivity contribution in [1.82, 2.24) is 39.4 Å². The predicted molar refractivity (Wildman–Crippen MR) is 257 cm³/mol. The van der Waals surface area contributed by atoms with Gasteiger partial charge in [0.15, 0.2) is 0 Å². The molecule has 2 aromatic carbocycles. The average molecular weight is 935 g/mol. The van der Waals surface area contributed by atoms with Crippen LogP contribution in [0.3, 0.4) is 0 Å². The number of nitrogens with two attached hydrogens (primary N) is 1. The number of carbonyl (C=O) groups excluding carboxylic acids is 2. The second kappa shape index (κ2) is 16.4. The number of nitrogens with zero attached hydrogens (tertiary/aromatic N) is 10. The van der Waals surface area contributed by atoms with Gasteiger partial charge in [0.1, 0.15) is 17.9 Å². The van der Waals surface area contributed by atoms with Crippen molar-refractivity contribution in [2.75, 3.05) is 37.7 Å². The Hall–Kier alpha value is -6.37. The summed E-state index contributed by atoms with van der Waals surface area (Å²) in [5.41, 5.74) is 12.8. The van der Waals surface area contributed by atoms with E-state index >= 15 is 0 Å². The van der Waals surface area contributed by atoms with E-state index < -0.39 is 16.7 Å². The number of amides is 2. The van der Waals surface area contributed by atoms with Crippen LogP contribution >= 0.6 is 11.6 Å². The summed E-state index contributed by atoms with van der Waals surface area (Å²) in [6.45, 7) is 15.4. The largest absolute Gasteiger partial charge is 0.489 e. The molecule has 68 heavy (non-hydrogen) atoms. The lowest BCUT2D eigenvalue weighted by Crippen LogP contribution is -2.65. The molecule has 2 N–H and O–H groups in total. The minimum Gasteiger partial charge on any atom is -0.489 e. The molecule has 4 aromatic heterocycles. The van der Waals surface area contributed by atoms with Gasteiger partial charge in [-0.1, -0.05) is 57.5 Å². The monoisotopic (exact) mass is 933 g/mol. The average Bonchev–Trinajstić information content (AvgIpc) is 3.93. The SMILES string of the molecule is CC(=O)N1CCc2c(c(-c3cccc4cc(-c5cnn(CC6CC7(C6)CN(c6ncc(C(N)=O)c(C8C(C)(C)C(Oc9ccc(C#N)c(Cl)c9)C8(C)C)n6)C7)c5)ncc34)nn2C2CCOCC2)C1. The van der Waals surface area contributed by atoms with Crippen molar-refractivity contribution in [3.8, 4) is 34.3 Å². The number of carbonyl (C=O) groups is 2. The first-order valence-electron chi connectivity index (χ1n) is 23.8. The first-order valence-corrected chi connectivity index (χ1v) is 24.1. The van der Waals surface area contributed by atoms with E-state index in [1.165, 1.54) is 5.69 Å². The molecular formula is C52H56ClN11O4. The number of hydrogen-bond donors (Lipinski definition) is 1. The highest BCUT2D eigenvalue weighted by atomic mass is 35.5. The number of halogens is 1. The Balaban J connectivity index is 0.752. The molecule has 5 aliphatic rings. The van der Waals surface area contributed by atoms with Gasteiger partial charge in [0, 0.05) is 134 Å². The van der Waals surface area contributed by atoms with Gasteiger partial charge >= 0.3 is 0 Å². The normalized spacial score (nSPS) is 21.7. The number of hydrogen-bond acceptors (Lipinski definition) is 11. The predicted octanol–water partition coefficient (Wildman–Crippen LogP) is 8.15. The highest BCUT2D eigenvalue weighted by Gasteiger charge is 2.65. The Morgan fingerprint density at radius 1 is 1.01 bits per heavy atom. The second-order valence-corrected chi connectivity index (χ2v) is 21.5. The number of anilines is 1. The van der Waals surface area contributed by atoms with Crippen molar-refractivity contribution in [1.29, 1.82) is 5.26 Å². The lowest BCUT2D eigenvalue weighted by Gasteiger charge is -2.63. The van der Waals surface area contributed by atoms with Crippen LogP contribution in [-0.2, 0) is 29.0 Å². The van der Waals surface area contributed by atoms with Crippen LogP contribution in [0, 0.1) is 33.5 Å². The van der Waals surface area contributed by atoms with Gasteiger partial charge < -0.3 is 25.0 Å². The fourth-order valence-corrected chi connectivity index (χ4v) is 13.1. The summed E-state index contributed by atoms with van der Waals surface area (Å²) < 4.78 is 16.5. The van der Waals surface area contributed by atoms with Crippen molar-refractivity contribution in [3.05, 3.63) is 100 Å². The molecule has 3 aliphatic heterocycles. The van der Waals surface area contributed by atoms with Crippen LogP contribution in [0.2, 0.25) is 5.02 Å². The molecule has 6 aromatic rings. The first kappa shape index (κ1) is 44.2. The zero-order valence-electron chi connectivity index (χ0n) is 39.2. The molecule has 0 atom stereocenters. The van der Waals surface area contributed by atoms with Crippen molar-refractivity contribution in [2.45, 2.75) is 97.9 Å². The van der Waals surface area contributed by atoms with Gasteiger partial charge in [0.05, 0.1) is 45.5 Å². The van der Waals surface area contributed by atoms with Gasteiger partial charge in [-0.3, -0.25) is 23.9 Å². The highest BCUT2D eigenvalue weighted by Crippen LogP contribution is 2.65. The smallest absolute Gasteiger partial charge is 0.252 e. The van der Waals surface area contributed by atoms with Gasteiger partial charge in [0.2, 0.25) is 11.9 Å². The van der Waals surface area contributed by atoms with E-state index in [4.69, 9.17) is 47.0 Å². The van der Waals surface area contributed by atoms with Crippen molar-refractivity contribution in [2.24, 2.45) is 27.9 Å². The molecule has 16 heteroatoms. The Kier molecular flexibility index (Phi) is 10.7. The number of primary amides is 1. The zero-order valence-corrected chi connectivity index (χ0v) is 40.0. The van der Waals surface area contributed by atoms with Gasteiger partial charge in [-0.2, -0.15) is 15.5 Å². The number of nitriles is 1. The summed E-state index contributed by atoms with van der Waals surface area (Å²) in [6.07, 6.45) is 12.2. The van der Waals surface area contributed by atoms with E-state index in [1.54, 1.807) is 31.3 Å². The van der Waals surface area contributed by atoms with Gasteiger partial charge in [-0.05, 0) is 55.2 Å². The zero-order chi connectivity index (χ0) is 47.3. The summed E-state index contributed by atoms with van der Waals surface area (Å²) >= 11 is 6.34. The third kappa shape index (κ3) is 7.38. The molecule has 2 saturated carbocycles. The highest BCUT2D eigenvalue weighted by molar-refractivity contribution is 6.31. The van der Waals surface area contributed by atoms with E-state index in [9.17, 15) is 14.9 Å². The van der Waals surface area contributed by atoms with Crippen molar-refractivity contribution < 1.29 is 19.1 Å². The van der Waals surface area contributed by atoms with Crippen molar-refractivity contribution in [3.63, 3.8) is 0 Å². The molecule has 1 spiro atoms. The third-order valence-corrected chi connectivity index (χ3v) is 16.1. The standard InChI is InChI=1S/C52H56ClN11O4/c1-30(65)61-14-11-43-40(27-61)44(60-64(43)35-12-15-67-16-13-35)37-8-6-7-32-17-42(56-23-38(32)37)34-22-58-63(26-34)25-31-19-52(20-31)28-62(29-52)49-57-24-39(47(55)66)45(59-49)46-50(2,3)48(51(46,4)5)68-36-10-9-33(21-54)41(53)18-36/h6-10,17-18,22-24,26,31,35,46,48H,11-16,19-20,25,27-29H2,1-5H3,(H2,55,66). The van der Waals surface area contributed by atoms with Crippen molar-refractivity contribution >= 4 is 40.1 Å². The number of pyridine rings is 1. The molecule has 4 fully saturated rings. The summed E-state index contributed by atoms with van der Waals surface area (Å²) in [4.78, 5) is 44.2. The summed E-state index contributed by atoms with van der Waals surface area (Å²) in [7, 11) is 0. The van der Waals surface area contributed by atoms with Crippen LogP contribution in [-0.4, -0.2) is 90.2 Å². The molecule has 2 saturated heterocycles. The molecule has 7 heterocycles. The van der Waals surface area contributed by atoms with Gasteiger partial charge in [-0.25, -0.2) is 9.97 Å². The molecule has 2 aliphatic carbocycles. The van der Waals surface area contributed by atoms with E-state index in [2.05, 4.69) is 83.5 Å². The van der Waals surface area contributed by atoms with E-state index in [1.807, 2.05) is 17.3 Å². The van der Waals surface area contributed by atoms with Crippen LogP contribution in [0.5, 0.6) is 5.75 Å². The maximum absolute atomic E-state index is 12.8. The van der Waals surface area contributed by atoms with E-state index in [0.29, 0.717) is 52.5 Å². The molecule has 15 nitrogen and oxygen atoms in total. The van der Waals surface area contributed by atoms with Gasteiger partial charge in [-0.15, -0.1) is 0 Å². The number of rotatable bonds is 10. The Morgan fingerprint density at radius 3 is 2.51 bits per heavy atom. The Labute approximate surface area is 400 Å². The van der Waals surface area contributed by atoms with Crippen LogP contribution in [0.15, 0.2) is 67.3 Å². The minimum atomic E-state index is -0.553. The Bertz CT molecular complexity index is 3030. The van der Waals surface area contributed by atoms with Crippen LogP contribution in [0.1, 0.15) is 105 Å². The maximum atomic E-state index is 12.8. The molecule has 11 rings (SSSR count).